The van der Waals surface area contributed by atoms with Crippen LogP contribution in [0.3, 0.4) is 0 Å². The van der Waals surface area contributed by atoms with Gasteiger partial charge in [-0.1, -0.05) is 0 Å². The molecular weight excluding hydrogens is 587 g/mol. The fourth-order valence-corrected chi connectivity index (χ4v) is 34.9. The van der Waals surface area contributed by atoms with Crippen LogP contribution >= 0.6 is 17.0 Å². The Labute approximate surface area is 230 Å². The van der Waals surface area contributed by atoms with E-state index in [4.69, 9.17) is 17.0 Å². The summed E-state index contributed by atoms with van der Waals surface area (Å²) in [6, 6.07) is 31.2. The Morgan fingerprint density at radius 3 is 2.30 bits per heavy atom. The molecule has 1 atom stereocenters. The van der Waals surface area contributed by atoms with E-state index in [0.717, 1.165) is 12.8 Å². The van der Waals surface area contributed by atoms with E-state index < -0.39 is 21.5 Å². The Morgan fingerprint density at radius 1 is 0.838 bits per heavy atom. The SMILES string of the molecule is CCC1=Cc2c(-c3cccc(C)c3)cccc2[CH]1[Zr]([Cl])([Cl])([c]1cccc2c1Cc1ccccc1-2)[SiH](C)C. The van der Waals surface area contributed by atoms with Gasteiger partial charge < -0.3 is 0 Å². The summed E-state index contributed by atoms with van der Waals surface area (Å²) in [5, 5.41) is 0. The van der Waals surface area contributed by atoms with Crippen molar-refractivity contribution in [1.29, 1.82) is 0 Å². The summed E-state index contributed by atoms with van der Waals surface area (Å²) in [7, 11) is 16.6. The topological polar surface area (TPSA) is 0 Å². The molecular formula is C33H33Cl2SiZr. The van der Waals surface area contributed by atoms with Crippen molar-refractivity contribution in [3.05, 3.63) is 118 Å². The van der Waals surface area contributed by atoms with E-state index in [1.165, 1.54) is 58.9 Å². The van der Waals surface area contributed by atoms with E-state index in [1.807, 2.05) is 0 Å². The maximum atomic E-state index is 8.31. The minimum atomic E-state index is -4.66. The van der Waals surface area contributed by atoms with Gasteiger partial charge in [0.25, 0.3) is 0 Å². The quantitative estimate of drug-likeness (QED) is 0.172. The molecule has 1 unspecified atom stereocenters. The van der Waals surface area contributed by atoms with Gasteiger partial charge >= 0.3 is 232 Å². The molecule has 4 aromatic rings. The van der Waals surface area contributed by atoms with Gasteiger partial charge in [-0.2, -0.15) is 0 Å². The molecule has 37 heavy (non-hydrogen) atoms. The summed E-state index contributed by atoms with van der Waals surface area (Å²) in [5.41, 5.74) is 13.4. The van der Waals surface area contributed by atoms with Crippen LogP contribution in [0.4, 0.5) is 0 Å². The minimum absolute atomic E-state index is 0.122. The zero-order valence-corrected chi connectivity index (χ0v) is 27.1. The predicted octanol–water partition coefficient (Wildman–Crippen LogP) is 9.39. The first-order valence-electron chi connectivity index (χ1n) is 13.4. The average molecular weight is 620 g/mol. The van der Waals surface area contributed by atoms with Gasteiger partial charge in [-0.25, -0.2) is 0 Å². The van der Waals surface area contributed by atoms with Crippen molar-refractivity contribution >= 4 is 32.3 Å². The second-order valence-electron chi connectivity index (χ2n) is 11.2. The van der Waals surface area contributed by atoms with Crippen LogP contribution in [0.5, 0.6) is 0 Å². The third-order valence-corrected chi connectivity index (χ3v) is 58.8. The molecule has 0 heterocycles. The van der Waals surface area contributed by atoms with Gasteiger partial charge in [-0.3, -0.25) is 0 Å². The van der Waals surface area contributed by atoms with Gasteiger partial charge in [0.2, 0.25) is 0 Å². The van der Waals surface area contributed by atoms with Crippen LogP contribution in [0.15, 0.2) is 90.5 Å². The normalized spacial score (nSPS) is 17.1. The van der Waals surface area contributed by atoms with Crippen LogP contribution in [-0.2, 0) is 22.0 Å². The van der Waals surface area contributed by atoms with Crippen molar-refractivity contribution in [2.24, 2.45) is 0 Å². The van der Waals surface area contributed by atoms with Crippen molar-refractivity contribution < 1.29 is 15.6 Å². The van der Waals surface area contributed by atoms with Gasteiger partial charge in [-0.05, 0) is 0 Å². The average Bonchev–Trinajstić information content (AvgIpc) is 3.47. The molecule has 0 aromatic heterocycles. The number of hydrogen-bond donors (Lipinski definition) is 0. The number of hydrogen-bond acceptors (Lipinski definition) is 0. The molecule has 6 rings (SSSR count). The molecule has 4 heteroatoms. The van der Waals surface area contributed by atoms with Crippen LogP contribution < -0.4 is 3.27 Å². The molecule has 0 N–H and O–H groups in total. The van der Waals surface area contributed by atoms with E-state index in [9.17, 15) is 0 Å². The van der Waals surface area contributed by atoms with Gasteiger partial charge in [0.1, 0.15) is 0 Å². The molecule has 0 saturated carbocycles. The standard InChI is InChI=1S/C18H17.C13H9.C2H7Si.2ClH.Zr/c1-3-14-11-16-8-5-9-17(18(16)12-14)15-7-4-6-13(2)10-15;1-3-7-12-10(5-1)9-11-6-2-4-8-13(11)12;1-3-2;;;/h4-12H,3H2,1-2H3;1-5,7-8H,9H2;3H,1-2H3;2*1H;/q;;;;;+2/p-2. The van der Waals surface area contributed by atoms with E-state index in [1.54, 1.807) is 0 Å². The molecule has 2 aliphatic carbocycles. The molecule has 0 radical (unpaired) electrons. The molecule has 0 fully saturated rings. The number of allylic oxidation sites excluding steroid dienone is 1. The molecule has 0 aliphatic heterocycles. The van der Waals surface area contributed by atoms with Crippen molar-refractivity contribution in [3.8, 4) is 22.3 Å². The van der Waals surface area contributed by atoms with E-state index >= 15 is 0 Å². The monoisotopic (exact) mass is 617 g/mol. The second kappa shape index (κ2) is 9.20. The third-order valence-electron chi connectivity index (χ3n) is 8.84. The van der Waals surface area contributed by atoms with Crippen molar-refractivity contribution in [3.63, 3.8) is 0 Å². The first-order chi connectivity index (χ1) is 17.7. The first kappa shape index (κ1) is 25.6. The van der Waals surface area contributed by atoms with Crippen molar-refractivity contribution in [2.75, 3.05) is 0 Å². The number of benzene rings is 4. The summed E-state index contributed by atoms with van der Waals surface area (Å²) in [4.78, 5) is 0. The van der Waals surface area contributed by atoms with Crippen molar-refractivity contribution in [1.82, 2.24) is 0 Å². The van der Waals surface area contributed by atoms with Crippen LogP contribution in [-0.4, -0.2) is 5.92 Å². The number of fused-ring (bicyclic) bond motifs is 4. The van der Waals surface area contributed by atoms with Crippen LogP contribution in [0, 0.1) is 6.92 Å². The summed E-state index contributed by atoms with van der Waals surface area (Å²) in [5.74, 6) is -1.54. The van der Waals surface area contributed by atoms with Crippen molar-refractivity contribution in [2.45, 2.75) is 43.4 Å². The van der Waals surface area contributed by atoms with E-state index in [-0.39, 0.29) is 3.63 Å². The van der Waals surface area contributed by atoms with Gasteiger partial charge in [-0.15, -0.1) is 0 Å². The molecule has 187 valence electrons. The van der Waals surface area contributed by atoms with E-state index in [0.29, 0.717) is 0 Å². The Balaban J connectivity index is 1.60. The Hall–Kier alpha value is -1.70. The van der Waals surface area contributed by atoms with Gasteiger partial charge in [0.05, 0.1) is 0 Å². The molecule has 0 nitrogen and oxygen atoms in total. The molecule has 4 aromatic carbocycles. The summed E-state index contributed by atoms with van der Waals surface area (Å²) in [6.07, 6.45) is 4.33. The van der Waals surface area contributed by atoms with Gasteiger partial charge in [0.15, 0.2) is 0 Å². The van der Waals surface area contributed by atoms with E-state index in [2.05, 4.69) is 118 Å². The third kappa shape index (κ3) is 3.78. The molecule has 0 spiro atoms. The van der Waals surface area contributed by atoms with Crippen LogP contribution in [0.25, 0.3) is 28.3 Å². The first-order valence-corrected chi connectivity index (χ1v) is 29.5. The molecule has 2 aliphatic rings. The summed E-state index contributed by atoms with van der Waals surface area (Å²) in [6.45, 7) is 9.24. The zero-order valence-electron chi connectivity index (χ0n) is 22.0. The number of halogens is 2. The van der Waals surface area contributed by atoms with Crippen LogP contribution in [0.1, 0.15) is 44.8 Å². The fourth-order valence-electron chi connectivity index (χ4n) is 6.86. The Kier molecular flexibility index (Phi) is 6.36. The molecule has 0 amide bonds. The fraction of sp³-hybridized carbons (Fsp3) is 0.212. The number of aryl methyl sites for hydroxylation is 1. The second-order valence-corrected chi connectivity index (χ2v) is 52.6. The predicted molar refractivity (Wildman–Crippen MR) is 163 cm³/mol. The summed E-state index contributed by atoms with van der Waals surface area (Å²) < 4.78 is 1.44. The molecule has 0 bridgehead atoms. The maximum absolute atomic E-state index is 8.31. The molecule has 0 saturated heterocycles. The number of rotatable bonds is 5. The Morgan fingerprint density at radius 2 is 1.54 bits per heavy atom. The van der Waals surface area contributed by atoms with Gasteiger partial charge in [0, 0.05) is 0 Å². The van der Waals surface area contributed by atoms with Crippen LogP contribution in [0.2, 0.25) is 13.1 Å². The summed E-state index contributed by atoms with van der Waals surface area (Å²) >= 11 is -4.66. The Bertz CT molecular complexity index is 1580. The zero-order chi connectivity index (χ0) is 26.0.